The van der Waals surface area contributed by atoms with Gasteiger partial charge in [-0.2, -0.15) is 0 Å². The van der Waals surface area contributed by atoms with Crippen LogP contribution in [-0.2, 0) is 0 Å². The lowest BCUT2D eigenvalue weighted by Crippen LogP contribution is -2.46. The predicted molar refractivity (Wildman–Crippen MR) is 74.3 cm³/mol. The number of nitrogens with zero attached hydrogens (tertiary/aromatic N) is 1. The van der Waals surface area contributed by atoms with E-state index in [1.54, 1.807) is 6.07 Å². The number of hydrogen-bond donors (Lipinski definition) is 1. The number of methoxy groups -OCH3 is 1. The molecule has 3 nitrogen and oxygen atoms in total. The fraction of sp³-hybridized carbons (Fsp3) is 0.600. The van der Waals surface area contributed by atoms with Crippen LogP contribution in [0.3, 0.4) is 0 Å². The summed E-state index contributed by atoms with van der Waals surface area (Å²) in [6, 6.07) is 6.45. The third-order valence-electron chi connectivity index (χ3n) is 3.97. The van der Waals surface area contributed by atoms with Crippen molar-refractivity contribution in [3.8, 4) is 5.75 Å². The lowest BCUT2D eigenvalue weighted by atomic mass is 10.0. The van der Waals surface area contributed by atoms with Gasteiger partial charge in [-0.1, -0.05) is 0 Å². The van der Waals surface area contributed by atoms with Crippen molar-refractivity contribution in [1.82, 2.24) is 5.32 Å². The van der Waals surface area contributed by atoms with Crippen LogP contribution in [0.2, 0.25) is 0 Å². The Morgan fingerprint density at radius 1 is 1.26 bits per heavy atom. The number of rotatable bonds is 4. The SMILES string of the molecule is COc1cc(N2CCCC(NC3CC3)C2)ccc1F. The van der Waals surface area contributed by atoms with E-state index in [0.29, 0.717) is 11.8 Å². The quantitative estimate of drug-likeness (QED) is 0.904. The van der Waals surface area contributed by atoms with Gasteiger partial charge in [0.15, 0.2) is 11.6 Å². The Balaban J connectivity index is 1.69. The molecule has 1 atom stereocenters. The van der Waals surface area contributed by atoms with Gasteiger partial charge in [-0.3, -0.25) is 0 Å². The molecule has 1 aromatic carbocycles. The van der Waals surface area contributed by atoms with Crippen molar-refractivity contribution in [2.24, 2.45) is 0 Å². The van der Waals surface area contributed by atoms with Gasteiger partial charge in [-0.15, -0.1) is 0 Å². The molecular weight excluding hydrogens is 243 g/mol. The molecule has 0 amide bonds. The number of benzene rings is 1. The van der Waals surface area contributed by atoms with Crippen molar-refractivity contribution in [3.63, 3.8) is 0 Å². The molecular formula is C15H21FN2O. The highest BCUT2D eigenvalue weighted by Gasteiger charge is 2.27. The van der Waals surface area contributed by atoms with Crippen molar-refractivity contribution in [2.45, 2.75) is 37.8 Å². The molecule has 1 aromatic rings. The fourth-order valence-electron chi connectivity index (χ4n) is 2.78. The summed E-state index contributed by atoms with van der Waals surface area (Å²) >= 11 is 0. The van der Waals surface area contributed by atoms with Gasteiger partial charge >= 0.3 is 0 Å². The van der Waals surface area contributed by atoms with Crippen LogP contribution in [0.1, 0.15) is 25.7 Å². The number of anilines is 1. The Bertz CT molecular complexity index is 448. The Morgan fingerprint density at radius 3 is 2.84 bits per heavy atom. The van der Waals surface area contributed by atoms with Gasteiger partial charge < -0.3 is 15.0 Å². The van der Waals surface area contributed by atoms with Gasteiger partial charge in [0.05, 0.1) is 7.11 Å². The lowest BCUT2D eigenvalue weighted by molar-refractivity contribution is 0.385. The van der Waals surface area contributed by atoms with E-state index in [4.69, 9.17) is 4.74 Å². The van der Waals surface area contributed by atoms with Crippen LogP contribution < -0.4 is 15.0 Å². The topological polar surface area (TPSA) is 24.5 Å². The summed E-state index contributed by atoms with van der Waals surface area (Å²) < 4.78 is 18.5. The first-order chi connectivity index (χ1) is 9.26. The average Bonchev–Trinajstić information content (AvgIpc) is 3.23. The number of piperidine rings is 1. The van der Waals surface area contributed by atoms with Crippen molar-refractivity contribution < 1.29 is 9.13 Å². The van der Waals surface area contributed by atoms with Crippen LogP contribution in [0.4, 0.5) is 10.1 Å². The number of halogens is 1. The highest BCUT2D eigenvalue weighted by Crippen LogP contribution is 2.28. The first-order valence-corrected chi connectivity index (χ1v) is 7.11. The van der Waals surface area contributed by atoms with Crippen LogP contribution in [0.15, 0.2) is 18.2 Å². The van der Waals surface area contributed by atoms with Crippen LogP contribution in [0.5, 0.6) is 5.75 Å². The monoisotopic (exact) mass is 264 g/mol. The van der Waals surface area contributed by atoms with Gasteiger partial charge in [-0.25, -0.2) is 4.39 Å². The third kappa shape index (κ3) is 3.00. The molecule has 1 unspecified atom stereocenters. The minimum absolute atomic E-state index is 0.295. The van der Waals surface area contributed by atoms with E-state index >= 15 is 0 Å². The second-order valence-electron chi connectivity index (χ2n) is 5.54. The molecule has 0 radical (unpaired) electrons. The molecule has 3 rings (SSSR count). The fourth-order valence-corrected chi connectivity index (χ4v) is 2.78. The Hall–Kier alpha value is -1.29. The summed E-state index contributed by atoms with van der Waals surface area (Å²) in [6.07, 6.45) is 5.07. The molecule has 1 aliphatic heterocycles. The molecule has 19 heavy (non-hydrogen) atoms. The number of nitrogens with one attached hydrogen (secondary N) is 1. The molecule has 1 saturated heterocycles. The maximum Gasteiger partial charge on any atom is 0.165 e. The minimum Gasteiger partial charge on any atom is -0.494 e. The molecule has 0 aromatic heterocycles. The van der Waals surface area contributed by atoms with Crippen molar-refractivity contribution in [2.75, 3.05) is 25.1 Å². The van der Waals surface area contributed by atoms with Gasteiger partial charge in [0.2, 0.25) is 0 Å². The van der Waals surface area contributed by atoms with Gasteiger partial charge in [0.1, 0.15) is 0 Å². The molecule has 1 aliphatic carbocycles. The maximum atomic E-state index is 13.4. The number of hydrogen-bond acceptors (Lipinski definition) is 3. The number of ether oxygens (including phenoxy) is 1. The second kappa shape index (κ2) is 5.37. The van der Waals surface area contributed by atoms with E-state index < -0.39 is 0 Å². The van der Waals surface area contributed by atoms with Gasteiger partial charge in [0.25, 0.3) is 0 Å². The summed E-state index contributed by atoms with van der Waals surface area (Å²) in [5.74, 6) is 0.0330. The Labute approximate surface area is 113 Å². The molecule has 1 saturated carbocycles. The Morgan fingerprint density at radius 2 is 2.11 bits per heavy atom. The van der Waals surface area contributed by atoms with Crippen LogP contribution >= 0.6 is 0 Å². The first kappa shape index (κ1) is 12.7. The zero-order valence-corrected chi connectivity index (χ0v) is 11.4. The predicted octanol–water partition coefficient (Wildman–Crippen LogP) is 2.56. The van der Waals surface area contributed by atoms with Crippen LogP contribution in [0, 0.1) is 5.82 Å². The normalized spacial score (nSPS) is 23.5. The minimum atomic E-state index is -0.295. The highest BCUT2D eigenvalue weighted by molar-refractivity contribution is 5.51. The molecule has 1 heterocycles. The second-order valence-corrected chi connectivity index (χ2v) is 5.54. The molecule has 2 aliphatic rings. The average molecular weight is 264 g/mol. The van der Waals surface area contributed by atoms with E-state index in [1.807, 2.05) is 6.07 Å². The van der Waals surface area contributed by atoms with Crippen molar-refractivity contribution >= 4 is 5.69 Å². The van der Waals surface area contributed by atoms with E-state index in [1.165, 1.54) is 38.9 Å². The summed E-state index contributed by atoms with van der Waals surface area (Å²) in [5, 5.41) is 3.69. The van der Waals surface area contributed by atoms with Gasteiger partial charge in [-0.05, 0) is 37.8 Å². The Kier molecular flexibility index (Phi) is 3.60. The third-order valence-corrected chi connectivity index (χ3v) is 3.97. The highest BCUT2D eigenvalue weighted by atomic mass is 19.1. The molecule has 4 heteroatoms. The van der Waals surface area contributed by atoms with Crippen molar-refractivity contribution in [3.05, 3.63) is 24.0 Å². The van der Waals surface area contributed by atoms with E-state index in [0.717, 1.165) is 24.8 Å². The summed E-state index contributed by atoms with van der Waals surface area (Å²) in [4.78, 5) is 2.32. The first-order valence-electron chi connectivity index (χ1n) is 7.11. The van der Waals surface area contributed by atoms with E-state index in [9.17, 15) is 4.39 Å². The molecule has 0 spiro atoms. The largest absolute Gasteiger partial charge is 0.494 e. The zero-order chi connectivity index (χ0) is 13.2. The standard InChI is InChI=1S/C15H21FN2O/c1-19-15-9-13(6-7-14(15)16)18-8-2-3-12(10-18)17-11-4-5-11/h6-7,9,11-12,17H,2-5,8,10H2,1H3. The van der Waals surface area contributed by atoms with Crippen molar-refractivity contribution in [1.29, 1.82) is 0 Å². The van der Waals surface area contributed by atoms with Crippen LogP contribution in [-0.4, -0.2) is 32.3 Å². The molecule has 0 bridgehead atoms. The van der Waals surface area contributed by atoms with Crippen LogP contribution in [0.25, 0.3) is 0 Å². The molecule has 104 valence electrons. The summed E-state index contributed by atoms with van der Waals surface area (Å²) in [5.41, 5.74) is 1.06. The zero-order valence-electron chi connectivity index (χ0n) is 11.4. The lowest BCUT2D eigenvalue weighted by Gasteiger charge is -2.35. The van der Waals surface area contributed by atoms with E-state index in [2.05, 4.69) is 10.2 Å². The molecule has 2 fully saturated rings. The summed E-state index contributed by atoms with van der Waals surface area (Å²) in [6.45, 7) is 2.04. The smallest absolute Gasteiger partial charge is 0.165 e. The summed E-state index contributed by atoms with van der Waals surface area (Å²) in [7, 11) is 1.51. The maximum absolute atomic E-state index is 13.4. The molecule has 1 N–H and O–H groups in total. The van der Waals surface area contributed by atoms with E-state index in [-0.39, 0.29) is 5.82 Å². The van der Waals surface area contributed by atoms with Gasteiger partial charge in [0, 0.05) is 36.9 Å².